The van der Waals surface area contributed by atoms with Crippen LogP contribution in [0.25, 0.3) is 11.1 Å². The first-order chi connectivity index (χ1) is 26.3. The fraction of sp³-hybridized carbons (Fsp3) is 0.419. The molecule has 0 spiro atoms. The Hall–Kier alpha value is -4.69. The van der Waals surface area contributed by atoms with Gasteiger partial charge in [-0.15, -0.1) is 0 Å². The van der Waals surface area contributed by atoms with E-state index in [2.05, 4.69) is 63.8 Å². The summed E-state index contributed by atoms with van der Waals surface area (Å²) in [6, 6.07) is 20.4. The number of amides is 1. The van der Waals surface area contributed by atoms with Gasteiger partial charge >= 0.3 is 0 Å². The Bertz CT molecular complexity index is 2000. The van der Waals surface area contributed by atoms with E-state index in [1.165, 1.54) is 17.3 Å². The number of aromatic nitrogens is 1. The van der Waals surface area contributed by atoms with E-state index in [9.17, 15) is 14.4 Å². The number of halogens is 2. The third-order valence-electron chi connectivity index (χ3n) is 10.7. The van der Waals surface area contributed by atoms with Gasteiger partial charge in [-0.25, -0.2) is 4.39 Å². The van der Waals surface area contributed by atoms with Crippen LogP contribution in [0.5, 0.6) is 17.2 Å². The second-order valence-corrected chi connectivity index (χ2v) is 14.9. The first kappa shape index (κ1) is 37.6. The highest BCUT2D eigenvalue weighted by Gasteiger charge is 2.29. The Morgan fingerprint density at radius 3 is 2.65 bits per heavy atom. The molecule has 2 aliphatic heterocycles. The van der Waals surface area contributed by atoms with E-state index in [0.29, 0.717) is 61.0 Å². The molecule has 282 valence electrons. The van der Waals surface area contributed by atoms with Crippen molar-refractivity contribution in [3.8, 4) is 34.4 Å². The summed E-state index contributed by atoms with van der Waals surface area (Å²) in [5, 5.41) is 16.3. The highest BCUT2D eigenvalue weighted by Crippen LogP contribution is 2.44. The number of ether oxygens (including phenoxy) is 3. The van der Waals surface area contributed by atoms with Gasteiger partial charge in [-0.05, 0) is 91.5 Å². The van der Waals surface area contributed by atoms with Crippen LogP contribution in [0.1, 0.15) is 78.0 Å². The summed E-state index contributed by atoms with van der Waals surface area (Å²) in [5.74, 6) is 2.11. The van der Waals surface area contributed by atoms with E-state index in [-0.39, 0.29) is 24.7 Å². The van der Waals surface area contributed by atoms with Crippen LogP contribution in [0.3, 0.4) is 0 Å². The number of hydrogen-bond acceptors (Lipinski definition) is 8. The number of pyridine rings is 1. The average molecular weight is 752 g/mol. The molecular weight excluding hydrogens is 705 g/mol. The smallest absolute Gasteiger partial charge is 0.220 e. The molecule has 1 amide bonds. The van der Waals surface area contributed by atoms with Crippen LogP contribution in [-0.4, -0.2) is 60.8 Å². The van der Waals surface area contributed by atoms with Gasteiger partial charge in [0.25, 0.3) is 0 Å². The van der Waals surface area contributed by atoms with E-state index in [1.54, 1.807) is 12.3 Å². The number of likely N-dealkylation sites (tertiary alicyclic amines) is 1. The number of fused-ring (bicyclic) bond motifs is 1. The average Bonchev–Trinajstić information content (AvgIpc) is 3.80. The van der Waals surface area contributed by atoms with Crippen LogP contribution in [0.15, 0.2) is 67.0 Å². The Labute approximate surface area is 321 Å². The lowest BCUT2D eigenvalue weighted by molar-refractivity contribution is -0.119. The summed E-state index contributed by atoms with van der Waals surface area (Å²) < 4.78 is 32.8. The third kappa shape index (κ3) is 9.15. The van der Waals surface area contributed by atoms with Gasteiger partial charge in [0.2, 0.25) is 5.91 Å². The number of carbonyl (C=O) groups excluding carboxylic acids is 1. The van der Waals surface area contributed by atoms with Crippen LogP contribution in [0, 0.1) is 18.3 Å². The van der Waals surface area contributed by atoms with Gasteiger partial charge in [-0.3, -0.25) is 9.78 Å². The summed E-state index contributed by atoms with van der Waals surface area (Å²) >= 11 is 6.91. The van der Waals surface area contributed by atoms with Crippen molar-refractivity contribution in [2.24, 2.45) is 0 Å². The van der Waals surface area contributed by atoms with Crippen molar-refractivity contribution in [2.75, 3.05) is 32.8 Å². The molecule has 3 aromatic carbocycles. The van der Waals surface area contributed by atoms with Gasteiger partial charge in [0.05, 0.1) is 17.2 Å². The summed E-state index contributed by atoms with van der Waals surface area (Å²) in [5.41, 5.74) is 7.92. The fourth-order valence-corrected chi connectivity index (χ4v) is 7.97. The minimum absolute atomic E-state index is 0.0802. The number of nitrogens with zero attached hydrogens (tertiary/aromatic N) is 3. The molecule has 2 saturated heterocycles. The minimum Gasteiger partial charge on any atom is -0.493 e. The van der Waals surface area contributed by atoms with E-state index >= 15 is 0 Å². The number of hydrogen-bond donors (Lipinski definition) is 2. The molecule has 7 rings (SSSR count). The van der Waals surface area contributed by atoms with E-state index in [1.807, 2.05) is 18.2 Å². The molecule has 0 radical (unpaired) electrons. The second kappa shape index (κ2) is 17.6. The predicted molar refractivity (Wildman–Crippen MR) is 207 cm³/mol. The highest BCUT2D eigenvalue weighted by atomic mass is 35.5. The third-order valence-corrected chi connectivity index (χ3v) is 11.0. The summed E-state index contributed by atoms with van der Waals surface area (Å²) in [6.45, 7) is 6.63. The van der Waals surface area contributed by atoms with Crippen molar-refractivity contribution >= 4 is 17.5 Å². The maximum absolute atomic E-state index is 13.5. The number of rotatable bonds is 15. The largest absolute Gasteiger partial charge is 0.493 e. The van der Waals surface area contributed by atoms with Crippen LogP contribution >= 0.6 is 11.6 Å². The Balaban J connectivity index is 1.05. The molecule has 1 aromatic heterocycles. The molecule has 0 bridgehead atoms. The normalized spacial score (nSPS) is 18.6. The lowest BCUT2D eigenvalue weighted by Crippen LogP contribution is -2.35. The van der Waals surface area contributed by atoms with Crippen molar-refractivity contribution in [1.29, 1.82) is 5.26 Å². The van der Waals surface area contributed by atoms with Gasteiger partial charge in [-0.1, -0.05) is 41.9 Å². The maximum Gasteiger partial charge on any atom is 0.220 e. The molecule has 1 unspecified atom stereocenters. The standard InChI is InChI=1S/C43H47ClFN5O4/c1-28-34(5-3-8-39(28)52-18-4-15-50-16-13-32(45)14-17-50)35-6-2-7-37-36(35)10-11-40(37)54-42-21-41(53-27-30-19-29(22-46)23-47-24-30)31(20-38(42)44)25-48-26-33-9-12-43(51)49-33/h2-3,5-8,19-21,23-24,32-33,40,48H,4,9-18,25-27H2,1H3,(H,49,51)/t33?,40-/m0/s1. The van der Waals surface area contributed by atoms with Gasteiger partial charge < -0.3 is 29.7 Å². The number of nitrogens with one attached hydrogen (secondary N) is 2. The lowest BCUT2D eigenvalue weighted by atomic mass is 9.93. The van der Waals surface area contributed by atoms with Crippen molar-refractivity contribution in [3.05, 3.63) is 105 Å². The Morgan fingerprint density at radius 2 is 1.83 bits per heavy atom. The quantitative estimate of drug-likeness (QED) is 0.119. The van der Waals surface area contributed by atoms with Crippen molar-refractivity contribution in [3.63, 3.8) is 0 Å². The zero-order valence-electron chi connectivity index (χ0n) is 30.7. The maximum atomic E-state index is 13.5. The minimum atomic E-state index is -0.654. The van der Waals surface area contributed by atoms with Crippen LogP contribution in [0.4, 0.5) is 4.39 Å². The molecule has 9 nitrogen and oxygen atoms in total. The molecular formula is C43H47ClFN5O4. The number of piperidine rings is 1. The highest BCUT2D eigenvalue weighted by molar-refractivity contribution is 6.32. The van der Waals surface area contributed by atoms with Gasteiger partial charge in [0, 0.05) is 74.8 Å². The predicted octanol–water partition coefficient (Wildman–Crippen LogP) is 7.80. The molecule has 0 saturated carbocycles. The number of carbonyl (C=O) groups is 1. The molecule has 1 aliphatic carbocycles. The monoisotopic (exact) mass is 751 g/mol. The van der Waals surface area contributed by atoms with Crippen LogP contribution in [0.2, 0.25) is 5.02 Å². The zero-order valence-corrected chi connectivity index (χ0v) is 31.5. The topological polar surface area (TPSA) is 109 Å². The van der Waals surface area contributed by atoms with E-state index < -0.39 is 6.17 Å². The molecule has 11 heteroatoms. The summed E-state index contributed by atoms with van der Waals surface area (Å²) in [6.07, 6.45) is 7.53. The molecule has 2 N–H and O–H groups in total. The Kier molecular flexibility index (Phi) is 12.3. The number of alkyl halides is 1. The van der Waals surface area contributed by atoms with Crippen molar-refractivity contribution in [1.82, 2.24) is 20.5 Å². The molecule has 2 atom stereocenters. The SMILES string of the molecule is Cc1c(OCCCN2CCC(F)CC2)cccc1-c1cccc2c1CC[C@@H]2Oc1cc(OCc2cncc(C#N)c2)c(CNCC2CCC(=O)N2)cc1Cl. The molecule has 2 fully saturated rings. The van der Waals surface area contributed by atoms with Gasteiger partial charge in [-0.2, -0.15) is 5.26 Å². The second-order valence-electron chi connectivity index (χ2n) is 14.5. The summed E-state index contributed by atoms with van der Waals surface area (Å²) in [4.78, 5) is 18.2. The Morgan fingerprint density at radius 1 is 1.00 bits per heavy atom. The summed E-state index contributed by atoms with van der Waals surface area (Å²) in [7, 11) is 0. The number of benzene rings is 3. The number of nitriles is 1. The first-order valence-electron chi connectivity index (χ1n) is 19.0. The molecule has 3 aliphatic rings. The molecule has 3 heterocycles. The van der Waals surface area contributed by atoms with E-state index in [4.69, 9.17) is 25.8 Å². The van der Waals surface area contributed by atoms with Crippen LogP contribution < -0.4 is 24.8 Å². The lowest BCUT2D eigenvalue weighted by Gasteiger charge is -2.28. The van der Waals surface area contributed by atoms with Crippen molar-refractivity contribution < 1.29 is 23.4 Å². The van der Waals surface area contributed by atoms with E-state index in [0.717, 1.165) is 78.9 Å². The fourth-order valence-electron chi connectivity index (χ4n) is 7.74. The van der Waals surface area contributed by atoms with Gasteiger partial charge in [0.1, 0.15) is 42.2 Å². The first-order valence-corrected chi connectivity index (χ1v) is 19.4. The molecule has 4 aromatic rings. The van der Waals surface area contributed by atoms with Gasteiger partial charge in [0.15, 0.2) is 0 Å². The van der Waals surface area contributed by atoms with Crippen LogP contribution in [-0.2, 0) is 24.4 Å². The zero-order chi connectivity index (χ0) is 37.4. The van der Waals surface area contributed by atoms with Crippen molar-refractivity contribution in [2.45, 2.75) is 83.3 Å². The molecule has 54 heavy (non-hydrogen) atoms.